The van der Waals surface area contributed by atoms with Crippen LogP contribution in [-0.4, -0.2) is 25.3 Å². The number of carboxylic acid groups (broad SMARTS) is 1. The Morgan fingerprint density at radius 1 is 1.26 bits per heavy atom. The van der Waals surface area contributed by atoms with Gasteiger partial charge in [0.05, 0.1) is 14.2 Å². The zero-order valence-corrected chi connectivity index (χ0v) is 11.6. The zero-order chi connectivity index (χ0) is 14.3. The molecule has 19 heavy (non-hydrogen) atoms. The van der Waals surface area contributed by atoms with Crippen LogP contribution in [0.5, 0.6) is 11.5 Å². The summed E-state index contributed by atoms with van der Waals surface area (Å²) >= 11 is 0. The van der Waals surface area contributed by atoms with Crippen molar-refractivity contribution in [3.8, 4) is 11.5 Å². The second kappa shape index (κ2) is 7.46. The van der Waals surface area contributed by atoms with E-state index in [0.29, 0.717) is 0 Å². The molecule has 1 N–H and O–H groups in total. The van der Waals surface area contributed by atoms with Crippen LogP contribution in [0.3, 0.4) is 0 Å². The van der Waals surface area contributed by atoms with Gasteiger partial charge in [0, 0.05) is 11.6 Å². The molecule has 0 unspecified atom stereocenters. The molecule has 1 aromatic rings. The highest BCUT2D eigenvalue weighted by atomic mass is 16.5. The summed E-state index contributed by atoms with van der Waals surface area (Å²) in [6.45, 7) is 2.13. The molecule has 0 aliphatic rings. The summed E-state index contributed by atoms with van der Waals surface area (Å²) in [7, 11) is 3.21. The summed E-state index contributed by atoms with van der Waals surface area (Å²) in [4.78, 5) is 10.5. The van der Waals surface area contributed by atoms with E-state index >= 15 is 0 Å². The van der Waals surface area contributed by atoms with Crippen molar-refractivity contribution >= 4 is 12.0 Å². The quantitative estimate of drug-likeness (QED) is 0.769. The van der Waals surface area contributed by atoms with Gasteiger partial charge in [0.15, 0.2) is 0 Å². The second-order valence-electron chi connectivity index (χ2n) is 4.18. The van der Waals surface area contributed by atoms with Gasteiger partial charge in [-0.15, -0.1) is 0 Å². The van der Waals surface area contributed by atoms with E-state index in [1.807, 2.05) is 12.1 Å². The summed E-state index contributed by atoms with van der Waals surface area (Å²) in [6.07, 6.45) is 5.65. The highest BCUT2D eigenvalue weighted by Gasteiger charge is 2.11. The van der Waals surface area contributed by atoms with Crippen molar-refractivity contribution in [3.63, 3.8) is 0 Å². The Hall–Kier alpha value is -1.97. The standard InChI is InChI=1S/C15H20O4/c1-4-5-6-12-13(18-2)9-11(7-8-15(16)17)10-14(12)19-3/h7-10H,4-6H2,1-3H3,(H,16,17). The van der Waals surface area contributed by atoms with Gasteiger partial charge in [0.1, 0.15) is 11.5 Å². The fourth-order valence-electron chi connectivity index (χ4n) is 1.87. The van der Waals surface area contributed by atoms with E-state index in [0.717, 1.165) is 48.0 Å². The van der Waals surface area contributed by atoms with Gasteiger partial charge in [-0.05, 0) is 36.6 Å². The largest absolute Gasteiger partial charge is 0.496 e. The third kappa shape index (κ3) is 4.32. The van der Waals surface area contributed by atoms with E-state index in [4.69, 9.17) is 14.6 Å². The first-order chi connectivity index (χ1) is 9.12. The summed E-state index contributed by atoms with van der Waals surface area (Å²) in [5, 5.41) is 8.65. The van der Waals surface area contributed by atoms with Crippen LogP contribution in [0.4, 0.5) is 0 Å². The minimum Gasteiger partial charge on any atom is -0.496 e. The van der Waals surface area contributed by atoms with Crippen molar-refractivity contribution < 1.29 is 19.4 Å². The van der Waals surface area contributed by atoms with Crippen molar-refractivity contribution in [2.24, 2.45) is 0 Å². The Morgan fingerprint density at radius 2 is 1.84 bits per heavy atom. The topological polar surface area (TPSA) is 55.8 Å². The Kier molecular flexibility index (Phi) is 5.93. The van der Waals surface area contributed by atoms with Gasteiger partial charge in [-0.1, -0.05) is 13.3 Å². The first-order valence-electron chi connectivity index (χ1n) is 6.28. The first kappa shape index (κ1) is 15.1. The van der Waals surface area contributed by atoms with Gasteiger partial charge >= 0.3 is 5.97 Å². The number of benzene rings is 1. The van der Waals surface area contributed by atoms with Crippen molar-refractivity contribution in [2.75, 3.05) is 14.2 Å². The number of unbranched alkanes of at least 4 members (excludes halogenated alkanes) is 1. The van der Waals surface area contributed by atoms with E-state index in [1.54, 1.807) is 14.2 Å². The number of hydrogen-bond donors (Lipinski definition) is 1. The molecule has 0 saturated heterocycles. The van der Waals surface area contributed by atoms with Crippen LogP contribution in [-0.2, 0) is 11.2 Å². The molecule has 0 aromatic heterocycles. The van der Waals surface area contributed by atoms with E-state index in [2.05, 4.69) is 6.92 Å². The molecule has 0 aliphatic carbocycles. The smallest absolute Gasteiger partial charge is 0.328 e. The van der Waals surface area contributed by atoms with Crippen LogP contribution in [0.15, 0.2) is 18.2 Å². The Balaban J connectivity index is 3.15. The number of aliphatic carboxylic acids is 1. The summed E-state index contributed by atoms with van der Waals surface area (Å²) in [6, 6.07) is 3.65. The number of methoxy groups -OCH3 is 2. The minimum atomic E-state index is -0.979. The lowest BCUT2D eigenvalue weighted by molar-refractivity contribution is -0.131. The maximum absolute atomic E-state index is 10.5. The molecule has 0 fully saturated rings. The number of rotatable bonds is 7. The average Bonchev–Trinajstić information content (AvgIpc) is 2.42. The predicted molar refractivity (Wildman–Crippen MR) is 74.8 cm³/mol. The number of ether oxygens (including phenoxy) is 2. The maximum atomic E-state index is 10.5. The van der Waals surface area contributed by atoms with Gasteiger partial charge in [0.2, 0.25) is 0 Å². The molecular weight excluding hydrogens is 244 g/mol. The summed E-state index contributed by atoms with van der Waals surface area (Å²) in [5.74, 6) is 0.490. The third-order valence-electron chi connectivity index (χ3n) is 2.83. The van der Waals surface area contributed by atoms with E-state index in [9.17, 15) is 4.79 Å². The third-order valence-corrected chi connectivity index (χ3v) is 2.83. The van der Waals surface area contributed by atoms with Crippen molar-refractivity contribution in [1.29, 1.82) is 0 Å². The van der Waals surface area contributed by atoms with Crippen molar-refractivity contribution in [2.45, 2.75) is 26.2 Å². The number of carboxylic acids is 1. The zero-order valence-electron chi connectivity index (χ0n) is 11.6. The molecule has 0 spiro atoms. The highest BCUT2D eigenvalue weighted by molar-refractivity contribution is 5.85. The monoisotopic (exact) mass is 264 g/mol. The average molecular weight is 264 g/mol. The van der Waals surface area contributed by atoms with E-state index in [1.165, 1.54) is 6.08 Å². The molecule has 0 amide bonds. The van der Waals surface area contributed by atoms with Crippen molar-refractivity contribution in [1.82, 2.24) is 0 Å². The van der Waals surface area contributed by atoms with Crippen LogP contribution in [0.2, 0.25) is 0 Å². The van der Waals surface area contributed by atoms with Gasteiger partial charge in [-0.2, -0.15) is 0 Å². The first-order valence-corrected chi connectivity index (χ1v) is 6.28. The molecule has 0 bridgehead atoms. The molecule has 4 nitrogen and oxygen atoms in total. The molecule has 104 valence electrons. The van der Waals surface area contributed by atoms with Crippen LogP contribution >= 0.6 is 0 Å². The molecule has 0 atom stereocenters. The van der Waals surface area contributed by atoms with Crippen LogP contribution in [0.1, 0.15) is 30.9 Å². The molecule has 0 saturated carbocycles. The van der Waals surface area contributed by atoms with Gasteiger partial charge < -0.3 is 14.6 Å². The van der Waals surface area contributed by atoms with Gasteiger partial charge in [-0.3, -0.25) is 0 Å². The molecule has 0 radical (unpaired) electrons. The van der Waals surface area contributed by atoms with E-state index < -0.39 is 5.97 Å². The van der Waals surface area contributed by atoms with Gasteiger partial charge in [-0.25, -0.2) is 4.79 Å². The SMILES string of the molecule is CCCCc1c(OC)cc(C=CC(=O)O)cc1OC. The second-order valence-corrected chi connectivity index (χ2v) is 4.18. The Labute approximate surface area is 113 Å². The molecule has 4 heteroatoms. The van der Waals surface area contributed by atoms with E-state index in [-0.39, 0.29) is 0 Å². The fraction of sp³-hybridized carbons (Fsp3) is 0.400. The Morgan fingerprint density at radius 3 is 2.26 bits per heavy atom. The number of hydrogen-bond acceptors (Lipinski definition) is 3. The molecule has 1 rings (SSSR count). The lowest BCUT2D eigenvalue weighted by Gasteiger charge is -2.14. The summed E-state index contributed by atoms with van der Waals surface area (Å²) < 4.78 is 10.7. The fourth-order valence-corrected chi connectivity index (χ4v) is 1.87. The summed E-state index contributed by atoms with van der Waals surface area (Å²) in [5.41, 5.74) is 1.77. The molecule has 1 aromatic carbocycles. The maximum Gasteiger partial charge on any atom is 0.328 e. The Bertz CT molecular complexity index is 438. The minimum absolute atomic E-state index is 0.734. The molecule has 0 heterocycles. The lowest BCUT2D eigenvalue weighted by atomic mass is 10.0. The normalized spacial score (nSPS) is 10.7. The molecule has 0 aliphatic heterocycles. The highest BCUT2D eigenvalue weighted by Crippen LogP contribution is 2.32. The molecular formula is C15H20O4. The van der Waals surface area contributed by atoms with Gasteiger partial charge in [0.25, 0.3) is 0 Å². The van der Waals surface area contributed by atoms with Crippen LogP contribution in [0, 0.1) is 0 Å². The van der Waals surface area contributed by atoms with Crippen LogP contribution in [0.25, 0.3) is 6.08 Å². The van der Waals surface area contributed by atoms with Crippen LogP contribution < -0.4 is 9.47 Å². The predicted octanol–water partition coefficient (Wildman–Crippen LogP) is 3.14. The van der Waals surface area contributed by atoms with Crippen molar-refractivity contribution in [3.05, 3.63) is 29.3 Å². The lowest BCUT2D eigenvalue weighted by Crippen LogP contribution is -1.98. The number of carbonyl (C=O) groups is 1.